The number of rotatable bonds is 3. The van der Waals surface area contributed by atoms with Crippen LogP contribution in [0.4, 0.5) is 14.5 Å². The van der Waals surface area contributed by atoms with Gasteiger partial charge < -0.3 is 5.32 Å². The third-order valence-corrected chi connectivity index (χ3v) is 4.66. The summed E-state index contributed by atoms with van der Waals surface area (Å²) in [5.41, 5.74) is 1.01. The lowest BCUT2D eigenvalue weighted by Crippen LogP contribution is -2.39. The minimum atomic E-state index is -2.43. The van der Waals surface area contributed by atoms with Crippen LogP contribution in [0.2, 0.25) is 0 Å². The molecule has 8 heteroatoms. The van der Waals surface area contributed by atoms with Crippen molar-refractivity contribution in [3.8, 4) is 0 Å². The fourth-order valence-corrected chi connectivity index (χ4v) is 3.37. The molecule has 0 bridgehead atoms. The maximum Gasteiger partial charge on any atom is 0.248 e. The Bertz CT molecular complexity index is 459. The third kappa shape index (κ3) is 4.24. The van der Waals surface area contributed by atoms with Crippen LogP contribution in [-0.2, 0) is 0 Å². The molecule has 1 N–H and O–H groups in total. The monoisotopic (exact) mass is 356 g/mol. The highest BCUT2D eigenvalue weighted by Crippen LogP contribution is 2.37. The number of aromatic nitrogens is 2. The number of halogens is 4. The minimum absolute atomic E-state index is 0. The average Bonchev–Trinajstić information content (AvgIpc) is 3.07. The maximum absolute atomic E-state index is 13.2. The molecule has 1 aromatic heterocycles. The van der Waals surface area contributed by atoms with E-state index in [1.54, 1.807) is 0 Å². The summed E-state index contributed by atoms with van der Waals surface area (Å²) in [6.45, 7) is 1.93. The molecule has 2 aliphatic rings. The van der Waals surface area contributed by atoms with E-state index >= 15 is 0 Å². The quantitative estimate of drug-likeness (QED) is 0.898. The molecule has 2 heterocycles. The summed E-state index contributed by atoms with van der Waals surface area (Å²) in [5, 5.41) is 7.45. The van der Waals surface area contributed by atoms with Crippen LogP contribution in [0.25, 0.3) is 0 Å². The van der Waals surface area contributed by atoms with Gasteiger partial charge in [0.05, 0.1) is 17.9 Å². The Morgan fingerprint density at radius 2 is 1.86 bits per heavy atom. The lowest BCUT2D eigenvalue weighted by Gasteiger charge is -2.34. The van der Waals surface area contributed by atoms with Gasteiger partial charge in [-0.3, -0.25) is 9.58 Å². The van der Waals surface area contributed by atoms with Gasteiger partial charge in [0.2, 0.25) is 5.92 Å². The van der Waals surface area contributed by atoms with Gasteiger partial charge in [-0.25, -0.2) is 8.78 Å². The van der Waals surface area contributed by atoms with Gasteiger partial charge >= 0.3 is 0 Å². The molecule has 1 aliphatic heterocycles. The van der Waals surface area contributed by atoms with Gasteiger partial charge in [0.1, 0.15) is 0 Å². The van der Waals surface area contributed by atoms with Crippen molar-refractivity contribution in [3.05, 3.63) is 12.4 Å². The fraction of sp³-hybridized carbons (Fsp3) is 0.786. The molecule has 0 amide bonds. The number of likely N-dealkylation sites (tertiary alicyclic amines) is 1. The normalized spacial score (nSPS) is 25.3. The van der Waals surface area contributed by atoms with Gasteiger partial charge in [0.25, 0.3) is 0 Å². The summed E-state index contributed by atoms with van der Waals surface area (Å²) < 4.78 is 28.4. The largest absolute Gasteiger partial charge is 0.386 e. The van der Waals surface area contributed by atoms with Crippen molar-refractivity contribution in [3.63, 3.8) is 0 Å². The van der Waals surface area contributed by atoms with E-state index in [0.717, 1.165) is 25.2 Å². The second-order valence-corrected chi connectivity index (χ2v) is 5.98. The molecule has 0 radical (unpaired) electrons. The van der Waals surface area contributed by atoms with E-state index in [4.69, 9.17) is 0 Å². The minimum Gasteiger partial charge on any atom is -0.386 e. The maximum atomic E-state index is 13.2. The van der Waals surface area contributed by atoms with E-state index in [0.29, 0.717) is 24.9 Å². The summed E-state index contributed by atoms with van der Waals surface area (Å²) in [5.74, 6) is -2.43. The van der Waals surface area contributed by atoms with Crippen LogP contribution in [0.3, 0.4) is 0 Å². The first-order valence-corrected chi connectivity index (χ1v) is 7.41. The van der Waals surface area contributed by atoms with E-state index in [1.165, 1.54) is 0 Å². The third-order valence-electron chi connectivity index (χ3n) is 4.66. The zero-order chi connectivity index (χ0) is 14.2. The van der Waals surface area contributed by atoms with E-state index in [9.17, 15) is 8.78 Å². The Labute approximate surface area is 142 Å². The predicted octanol–water partition coefficient (Wildman–Crippen LogP) is 3.59. The first-order valence-electron chi connectivity index (χ1n) is 7.41. The Hall–Kier alpha value is -0.590. The van der Waals surface area contributed by atoms with Crippen molar-refractivity contribution in [2.75, 3.05) is 25.5 Å². The SMILES string of the molecule is CNc1cnn(C2CCN(C3CCC(F)(F)CC3)C2)c1.Cl.Cl. The van der Waals surface area contributed by atoms with Crippen LogP contribution in [0.5, 0.6) is 0 Å². The van der Waals surface area contributed by atoms with E-state index in [-0.39, 0.29) is 37.7 Å². The molecule has 128 valence electrons. The van der Waals surface area contributed by atoms with Gasteiger partial charge in [-0.05, 0) is 19.3 Å². The number of hydrogen-bond acceptors (Lipinski definition) is 3. The number of alkyl halides is 2. The van der Waals surface area contributed by atoms with E-state index in [2.05, 4.69) is 15.3 Å². The van der Waals surface area contributed by atoms with Crippen LogP contribution < -0.4 is 5.32 Å². The number of anilines is 1. The Kier molecular flexibility index (Phi) is 6.89. The molecular weight excluding hydrogens is 333 g/mol. The fourth-order valence-electron chi connectivity index (χ4n) is 3.37. The molecule has 1 aromatic rings. The number of hydrogen-bond donors (Lipinski definition) is 1. The van der Waals surface area contributed by atoms with Gasteiger partial charge in [0, 0.05) is 45.2 Å². The first kappa shape index (κ1) is 19.5. The molecule has 22 heavy (non-hydrogen) atoms. The molecular formula is C14H24Cl2F2N4. The van der Waals surface area contributed by atoms with Crippen molar-refractivity contribution in [1.82, 2.24) is 14.7 Å². The molecule has 3 rings (SSSR count). The molecule has 0 aromatic carbocycles. The number of nitrogens with zero attached hydrogens (tertiary/aromatic N) is 3. The van der Waals surface area contributed by atoms with Gasteiger partial charge in [-0.15, -0.1) is 24.8 Å². The highest BCUT2D eigenvalue weighted by Gasteiger charge is 2.38. The van der Waals surface area contributed by atoms with Crippen LogP contribution in [-0.4, -0.2) is 46.8 Å². The molecule has 2 fully saturated rings. The first-order chi connectivity index (χ1) is 9.57. The highest BCUT2D eigenvalue weighted by molar-refractivity contribution is 5.85. The predicted molar refractivity (Wildman–Crippen MR) is 88.7 cm³/mol. The van der Waals surface area contributed by atoms with Crippen LogP contribution in [0.15, 0.2) is 12.4 Å². The molecule has 1 aliphatic carbocycles. The zero-order valence-corrected chi connectivity index (χ0v) is 14.3. The van der Waals surface area contributed by atoms with Gasteiger partial charge in [-0.2, -0.15) is 5.10 Å². The van der Waals surface area contributed by atoms with Crippen molar-refractivity contribution in [2.24, 2.45) is 0 Å². The zero-order valence-electron chi connectivity index (χ0n) is 12.7. The molecule has 4 nitrogen and oxygen atoms in total. The second kappa shape index (κ2) is 7.79. The summed E-state index contributed by atoms with van der Waals surface area (Å²) in [6.07, 6.45) is 6.24. The van der Waals surface area contributed by atoms with Crippen LogP contribution >= 0.6 is 24.8 Å². The molecule has 1 atom stereocenters. The van der Waals surface area contributed by atoms with Crippen molar-refractivity contribution < 1.29 is 8.78 Å². The summed E-state index contributed by atoms with van der Waals surface area (Å²) in [6, 6.07) is 0.707. The van der Waals surface area contributed by atoms with Crippen LogP contribution in [0, 0.1) is 0 Å². The molecule has 0 spiro atoms. The lowest BCUT2D eigenvalue weighted by atomic mass is 9.91. The van der Waals surface area contributed by atoms with Crippen LogP contribution in [0.1, 0.15) is 38.1 Å². The molecule has 1 saturated carbocycles. The lowest BCUT2D eigenvalue weighted by molar-refractivity contribution is -0.0518. The highest BCUT2D eigenvalue weighted by atomic mass is 35.5. The Morgan fingerprint density at radius 1 is 1.18 bits per heavy atom. The number of nitrogens with one attached hydrogen (secondary N) is 1. The molecule has 1 saturated heterocycles. The summed E-state index contributed by atoms with van der Waals surface area (Å²) in [7, 11) is 1.88. The topological polar surface area (TPSA) is 33.1 Å². The van der Waals surface area contributed by atoms with E-state index in [1.807, 2.05) is 24.1 Å². The smallest absolute Gasteiger partial charge is 0.248 e. The standard InChI is InChI=1S/C14H22F2N4.2ClH/c1-17-11-8-18-20(9-11)13-4-7-19(10-13)12-2-5-14(15,16)6-3-12;;/h8-9,12-13,17H,2-7,10H2,1H3;2*1H. The summed E-state index contributed by atoms with van der Waals surface area (Å²) in [4.78, 5) is 2.38. The van der Waals surface area contributed by atoms with Crippen molar-refractivity contribution in [1.29, 1.82) is 0 Å². The van der Waals surface area contributed by atoms with Crippen molar-refractivity contribution >= 4 is 30.5 Å². The summed E-state index contributed by atoms with van der Waals surface area (Å²) >= 11 is 0. The second-order valence-electron chi connectivity index (χ2n) is 5.98. The average molecular weight is 357 g/mol. The van der Waals surface area contributed by atoms with E-state index < -0.39 is 5.92 Å². The Morgan fingerprint density at radius 3 is 2.45 bits per heavy atom. The van der Waals surface area contributed by atoms with Crippen molar-refractivity contribution in [2.45, 2.75) is 50.1 Å². The van der Waals surface area contributed by atoms with Gasteiger partial charge in [-0.1, -0.05) is 0 Å². The van der Waals surface area contributed by atoms with Gasteiger partial charge in [0.15, 0.2) is 0 Å². The molecule has 1 unspecified atom stereocenters. The Balaban J connectivity index is 0.00000121.